The molecule has 1 amide bonds. The van der Waals surface area contributed by atoms with Gasteiger partial charge < -0.3 is 10.4 Å². The lowest BCUT2D eigenvalue weighted by Gasteiger charge is -2.40. The van der Waals surface area contributed by atoms with Crippen LogP contribution in [0.25, 0.3) is 0 Å². The van der Waals surface area contributed by atoms with E-state index in [9.17, 15) is 9.59 Å². The minimum Gasteiger partial charge on any atom is -0.481 e. The number of carbonyl (C=O) groups excluding carboxylic acids is 1. The molecule has 0 unspecified atom stereocenters. The van der Waals surface area contributed by atoms with Gasteiger partial charge in [0.25, 0.3) is 0 Å². The quantitative estimate of drug-likeness (QED) is 0.644. The molecule has 0 heterocycles. The van der Waals surface area contributed by atoms with Crippen molar-refractivity contribution >= 4 is 11.9 Å². The Balaban J connectivity index is 2.41. The number of hydrogen-bond acceptors (Lipinski definition) is 2. The zero-order valence-electron chi connectivity index (χ0n) is 8.08. The Morgan fingerprint density at radius 3 is 2.50 bits per heavy atom. The first-order chi connectivity index (χ1) is 6.58. The van der Waals surface area contributed by atoms with Gasteiger partial charge in [0.05, 0.1) is 6.42 Å². The molecule has 4 heteroatoms. The van der Waals surface area contributed by atoms with Crippen molar-refractivity contribution < 1.29 is 14.7 Å². The van der Waals surface area contributed by atoms with E-state index in [0.717, 1.165) is 19.3 Å². The zero-order chi connectivity index (χ0) is 10.6. The van der Waals surface area contributed by atoms with Crippen LogP contribution in [0.4, 0.5) is 0 Å². The average molecular weight is 197 g/mol. The summed E-state index contributed by atoms with van der Waals surface area (Å²) in [5.74, 6) is -1.03. The van der Waals surface area contributed by atoms with Gasteiger partial charge in [0.15, 0.2) is 0 Å². The van der Waals surface area contributed by atoms with Crippen molar-refractivity contribution in [3.63, 3.8) is 0 Å². The molecule has 0 spiro atoms. The van der Waals surface area contributed by atoms with E-state index in [1.165, 1.54) is 6.08 Å². The number of carbonyl (C=O) groups is 2. The van der Waals surface area contributed by atoms with Crippen LogP contribution in [-0.4, -0.2) is 23.5 Å². The molecule has 0 aromatic carbocycles. The molecule has 78 valence electrons. The van der Waals surface area contributed by atoms with Crippen LogP contribution < -0.4 is 5.32 Å². The lowest BCUT2D eigenvalue weighted by Crippen LogP contribution is -2.43. The summed E-state index contributed by atoms with van der Waals surface area (Å²) in [6.07, 6.45) is 4.17. The highest BCUT2D eigenvalue weighted by atomic mass is 16.4. The van der Waals surface area contributed by atoms with E-state index in [2.05, 4.69) is 11.9 Å². The summed E-state index contributed by atoms with van der Waals surface area (Å²) >= 11 is 0. The van der Waals surface area contributed by atoms with E-state index in [1.54, 1.807) is 0 Å². The van der Waals surface area contributed by atoms with E-state index in [-0.39, 0.29) is 17.7 Å². The van der Waals surface area contributed by atoms with Crippen molar-refractivity contribution in [3.8, 4) is 0 Å². The van der Waals surface area contributed by atoms with Gasteiger partial charge in [-0.2, -0.15) is 0 Å². The molecule has 1 aliphatic carbocycles. The van der Waals surface area contributed by atoms with Crippen LogP contribution in [0.2, 0.25) is 0 Å². The van der Waals surface area contributed by atoms with E-state index >= 15 is 0 Å². The Bertz CT molecular complexity index is 256. The van der Waals surface area contributed by atoms with Crippen molar-refractivity contribution in [1.82, 2.24) is 5.32 Å². The molecular weight excluding hydrogens is 182 g/mol. The van der Waals surface area contributed by atoms with Gasteiger partial charge in [0.1, 0.15) is 0 Å². The molecule has 0 saturated heterocycles. The molecule has 0 aliphatic heterocycles. The third-order valence-electron chi connectivity index (χ3n) is 2.76. The van der Waals surface area contributed by atoms with Crippen molar-refractivity contribution in [2.75, 3.05) is 6.54 Å². The predicted molar refractivity (Wildman–Crippen MR) is 51.7 cm³/mol. The van der Waals surface area contributed by atoms with Gasteiger partial charge in [-0.15, -0.1) is 0 Å². The zero-order valence-corrected chi connectivity index (χ0v) is 8.08. The van der Waals surface area contributed by atoms with Crippen molar-refractivity contribution in [1.29, 1.82) is 0 Å². The van der Waals surface area contributed by atoms with E-state index in [1.807, 2.05) is 0 Å². The molecule has 0 atom stereocenters. The number of nitrogens with one attached hydrogen (secondary N) is 1. The van der Waals surface area contributed by atoms with Crippen molar-refractivity contribution in [3.05, 3.63) is 12.7 Å². The first-order valence-corrected chi connectivity index (χ1v) is 4.70. The smallest absolute Gasteiger partial charge is 0.303 e. The van der Waals surface area contributed by atoms with E-state index in [0.29, 0.717) is 6.54 Å². The molecular formula is C10H15NO3. The van der Waals surface area contributed by atoms with Crippen LogP contribution in [0.5, 0.6) is 0 Å². The summed E-state index contributed by atoms with van der Waals surface area (Å²) in [7, 11) is 0. The maximum atomic E-state index is 10.9. The predicted octanol–water partition coefficient (Wildman–Crippen LogP) is 0.934. The summed E-state index contributed by atoms with van der Waals surface area (Å²) in [6, 6.07) is 0. The Labute approximate surface area is 83.0 Å². The Morgan fingerprint density at radius 2 is 2.14 bits per heavy atom. The summed E-state index contributed by atoms with van der Waals surface area (Å²) in [5.41, 5.74) is -0.204. The van der Waals surface area contributed by atoms with Crippen LogP contribution >= 0.6 is 0 Å². The van der Waals surface area contributed by atoms with Gasteiger partial charge in [0, 0.05) is 6.54 Å². The standard InChI is InChI=1S/C10H15NO3/c1-2-8(12)11-7-10(4-3-5-10)6-9(13)14/h2H,1,3-7H2,(H,11,12)(H,13,14). The third kappa shape index (κ3) is 2.58. The Morgan fingerprint density at radius 1 is 1.50 bits per heavy atom. The van der Waals surface area contributed by atoms with Crippen LogP contribution in [0, 0.1) is 5.41 Å². The van der Waals surface area contributed by atoms with Gasteiger partial charge >= 0.3 is 5.97 Å². The largest absolute Gasteiger partial charge is 0.481 e. The monoisotopic (exact) mass is 197 g/mol. The topological polar surface area (TPSA) is 66.4 Å². The molecule has 4 nitrogen and oxygen atoms in total. The highest BCUT2D eigenvalue weighted by Gasteiger charge is 2.38. The summed E-state index contributed by atoms with van der Waals surface area (Å²) < 4.78 is 0. The maximum Gasteiger partial charge on any atom is 0.303 e. The molecule has 1 rings (SSSR count). The van der Waals surface area contributed by atoms with E-state index < -0.39 is 5.97 Å². The van der Waals surface area contributed by atoms with Gasteiger partial charge in [-0.25, -0.2) is 0 Å². The highest BCUT2D eigenvalue weighted by molar-refractivity contribution is 5.86. The van der Waals surface area contributed by atoms with Gasteiger partial charge in [-0.3, -0.25) is 9.59 Å². The van der Waals surface area contributed by atoms with Gasteiger partial charge in [0.2, 0.25) is 5.91 Å². The number of hydrogen-bond donors (Lipinski definition) is 2. The molecule has 1 aliphatic rings. The third-order valence-corrected chi connectivity index (χ3v) is 2.76. The maximum absolute atomic E-state index is 10.9. The first-order valence-electron chi connectivity index (χ1n) is 4.70. The molecule has 1 fully saturated rings. The SMILES string of the molecule is C=CC(=O)NCC1(CC(=O)O)CCC1. The number of rotatable bonds is 5. The Kier molecular flexibility index (Phi) is 3.28. The second-order valence-corrected chi connectivity index (χ2v) is 3.85. The van der Waals surface area contributed by atoms with Gasteiger partial charge in [-0.1, -0.05) is 13.0 Å². The summed E-state index contributed by atoms with van der Waals surface area (Å²) in [5, 5.41) is 11.4. The fraction of sp³-hybridized carbons (Fsp3) is 0.600. The lowest BCUT2D eigenvalue weighted by atomic mass is 9.66. The molecule has 2 N–H and O–H groups in total. The first kappa shape index (κ1) is 10.8. The van der Waals surface area contributed by atoms with Crippen LogP contribution in [0.3, 0.4) is 0 Å². The molecule has 0 aromatic rings. The second kappa shape index (κ2) is 4.26. The van der Waals surface area contributed by atoms with Crippen LogP contribution in [0.15, 0.2) is 12.7 Å². The van der Waals surface area contributed by atoms with Crippen molar-refractivity contribution in [2.45, 2.75) is 25.7 Å². The van der Waals surface area contributed by atoms with Gasteiger partial charge in [-0.05, 0) is 24.3 Å². The van der Waals surface area contributed by atoms with Crippen molar-refractivity contribution in [2.24, 2.45) is 5.41 Å². The number of aliphatic carboxylic acids is 1. The average Bonchev–Trinajstić information content (AvgIpc) is 2.08. The minimum absolute atomic E-state index is 0.143. The van der Waals surface area contributed by atoms with Crippen LogP contribution in [-0.2, 0) is 9.59 Å². The second-order valence-electron chi connectivity index (χ2n) is 3.85. The molecule has 0 bridgehead atoms. The summed E-state index contributed by atoms with van der Waals surface area (Å²) in [4.78, 5) is 21.5. The van der Waals surface area contributed by atoms with Crippen LogP contribution in [0.1, 0.15) is 25.7 Å². The molecule has 0 radical (unpaired) electrons. The van der Waals surface area contributed by atoms with E-state index in [4.69, 9.17) is 5.11 Å². The Hall–Kier alpha value is -1.32. The molecule has 14 heavy (non-hydrogen) atoms. The fourth-order valence-electron chi connectivity index (χ4n) is 1.76. The number of carboxylic acids is 1. The number of amides is 1. The fourth-order valence-corrected chi connectivity index (χ4v) is 1.76. The minimum atomic E-state index is -0.794. The lowest BCUT2D eigenvalue weighted by molar-refractivity contribution is -0.141. The molecule has 1 saturated carbocycles. The number of carboxylic acid groups (broad SMARTS) is 1. The summed E-state index contributed by atoms with van der Waals surface area (Å²) in [6.45, 7) is 3.79. The highest BCUT2D eigenvalue weighted by Crippen LogP contribution is 2.43. The molecule has 0 aromatic heterocycles. The normalized spacial score (nSPS) is 18.0.